The van der Waals surface area contributed by atoms with Crippen LogP contribution in [-0.2, 0) is 0 Å². The van der Waals surface area contributed by atoms with Crippen molar-refractivity contribution in [1.82, 2.24) is 15.0 Å². The van der Waals surface area contributed by atoms with Crippen LogP contribution in [0, 0.1) is 0 Å². The average molecular weight is 269 g/mol. The molecule has 4 nitrogen and oxygen atoms in total. The van der Waals surface area contributed by atoms with Crippen molar-refractivity contribution in [1.29, 1.82) is 0 Å². The van der Waals surface area contributed by atoms with E-state index in [2.05, 4.69) is 35.1 Å². The molecular weight excluding hydrogens is 246 g/mol. The summed E-state index contributed by atoms with van der Waals surface area (Å²) in [5.41, 5.74) is 0. The van der Waals surface area contributed by atoms with Crippen LogP contribution in [0.15, 0.2) is 4.52 Å². The Labute approximate surface area is 114 Å². The standard InChI is InChI=1S/C13H23N3OS/c1-10(2)13-14-12(15-17-13)11-6-4-7-16(11)8-5-9-18-3/h10-11H,4-9H2,1-3H3. The van der Waals surface area contributed by atoms with Gasteiger partial charge in [0.25, 0.3) is 0 Å². The Kier molecular flexibility index (Phi) is 5.06. The van der Waals surface area contributed by atoms with Crippen LogP contribution in [0.4, 0.5) is 0 Å². The average Bonchev–Trinajstić information content (AvgIpc) is 2.96. The molecule has 0 amide bonds. The van der Waals surface area contributed by atoms with Crippen LogP contribution in [0.3, 0.4) is 0 Å². The number of rotatable bonds is 6. The molecule has 0 saturated carbocycles. The van der Waals surface area contributed by atoms with E-state index in [4.69, 9.17) is 4.52 Å². The minimum absolute atomic E-state index is 0.317. The molecule has 1 saturated heterocycles. The van der Waals surface area contributed by atoms with E-state index in [0.717, 1.165) is 24.7 Å². The summed E-state index contributed by atoms with van der Waals surface area (Å²) in [7, 11) is 0. The fourth-order valence-electron chi connectivity index (χ4n) is 2.42. The summed E-state index contributed by atoms with van der Waals surface area (Å²) in [6, 6.07) is 0.378. The maximum absolute atomic E-state index is 5.32. The SMILES string of the molecule is CSCCCN1CCCC1c1noc(C(C)C)n1. The normalized spacial score (nSPS) is 21.0. The van der Waals surface area contributed by atoms with Crippen LogP contribution in [0.1, 0.15) is 56.8 Å². The highest BCUT2D eigenvalue weighted by atomic mass is 32.2. The molecule has 1 fully saturated rings. The Bertz CT molecular complexity index is 367. The number of likely N-dealkylation sites (tertiary alicyclic amines) is 1. The zero-order chi connectivity index (χ0) is 13.0. The van der Waals surface area contributed by atoms with Crippen molar-refractivity contribution in [3.05, 3.63) is 11.7 Å². The summed E-state index contributed by atoms with van der Waals surface area (Å²) in [6.07, 6.45) is 5.81. The lowest BCUT2D eigenvalue weighted by molar-refractivity contribution is 0.243. The zero-order valence-corrected chi connectivity index (χ0v) is 12.4. The van der Waals surface area contributed by atoms with Crippen molar-refractivity contribution in [3.63, 3.8) is 0 Å². The predicted octanol–water partition coefficient (Wildman–Crippen LogP) is 3.08. The van der Waals surface area contributed by atoms with Crippen molar-refractivity contribution < 1.29 is 4.52 Å². The van der Waals surface area contributed by atoms with E-state index in [-0.39, 0.29) is 0 Å². The highest BCUT2D eigenvalue weighted by molar-refractivity contribution is 7.98. The fourth-order valence-corrected chi connectivity index (χ4v) is 2.83. The van der Waals surface area contributed by atoms with E-state index < -0.39 is 0 Å². The van der Waals surface area contributed by atoms with Crippen LogP contribution in [0.5, 0.6) is 0 Å². The van der Waals surface area contributed by atoms with Crippen molar-refractivity contribution in [2.24, 2.45) is 0 Å². The molecule has 1 aromatic heterocycles. The molecule has 0 radical (unpaired) electrons. The zero-order valence-electron chi connectivity index (χ0n) is 11.6. The lowest BCUT2D eigenvalue weighted by Gasteiger charge is -2.21. The lowest BCUT2D eigenvalue weighted by Crippen LogP contribution is -2.25. The van der Waals surface area contributed by atoms with E-state index in [9.17, 15) is 0 Å². The molecule has 5 heteroatoms. The van der Waals surface area contributed by atoms with E-state index in [1.807, 2.05) is 11.8 Å². The fraction of sp³-hybridized carbons (Fsp3) is 0.846. The first-order valence-electron chi connectivity index (χ1n) is 6.79. The van der Waals surface area contributed by atoms with Gasteiger partial charge in [-0.15, -0.1) is 0 Å². The maximum Gasteiger partial charge on any atom is 0.229 e. The third-order valence-electron chi connectivity index (χ3n) is 3.41. The van der Waals surface area contributed by atoms with Crippen molar-refractivity contribution in [3.8, 4) is 0 Å². The monoisotopic (exact) mass is 269 g/mol. The number of nitrogens with zero attached hydrogens (tertiary/aromatic N) is 3. The molecule has 18 heavy (non-hydrogen) atoms. The third-order valence-corrected chi connectivity index (χ3v) is 4.10. The molecule has 102 valence electrons. The molecule has 0 N–H and O–H groups in total. The highest BCUT2D eigenvalue weighted by Crippen LogP contribution is 2.30. The predicted molar refractivity (Wildman–Crippen MR) is 74.9 cm³/mol. The minimum atomic E-state index is 0.317. The van der Waals surface area contributed by atoms with Crippen molar-refractivity contribution >= 4 is 11.8 Å². The number of thioether (sulfide) groups is 1. The Morgan fingerprint density at radius 1 is 1.50 bits per heavy atom. The van der Waals surface area contributed by atoms with Crippen LogP contribution in [0.2, 0.25) is 0 Å². The lowest BCUT2D eigenvalue weighted by atomic mass is 10.2. The number of hydrogen-bond donors (Lipinski definition) is 0. The summed E-state index contributed by atoms with van der Waals surface area (Å²) >= 11 is 1.91. The van der Waals surface area contributed by atoms with Gasteiger partial charge in [0, 0.05) is 5.92 Å². The first-order chi connectivity index (χ1) is 8.72. The van der Waals surface area contributed by atoms with Crippen LogP contribution in [0.25, 0.3) is 0 Å². The van der Waals surface area contributed by atoms with Gasteiger partial charge in [0.15, 0.2) is 5.82 Å². The molecule has 1 atom stereocenters. The van der Waals surface area contributed by atoms with E-state index in [0.29, 0.717) is 12.0 Å². The van der Waals surface area contributed by atoms with Crippen molar-refractivity contribution in [2.75, 3.05) is 25.1 Å². The topological polar surface area (TPSA) is 42.2 Å². The summed E-state index contributed by atoms with van der Waals surface area (Å²) in [4.78, 5) is 7.05. The van der Waals surface area contributed by atoms with Crippen LogP contribution in [-0.4, -0.2) is 40.1 Å². The molecule has 1 aliphatic rings. The molecule has 1 aromatic rings. The van der Waals surface area contributed by atoms with Crippen molar-refractivity contribution in [2.45, 2.75) is 45.1 Å². The molecule has 0 spiro atoms. The van der Waals surface area contributed by atoms with Gasteiger partial charge in [0.2, 0.25) is 5.89 Å². The second-order valence-electron chi connectivity index (χ2n) is 5.19. The summed E-state index contributed by atoms with van der Waals surface area (Å²) < 4.78 is 5.32. The van der Waals surface area contributed by atoms with Gasteiger partial charge in [-0.2, -0.15) is 16.7 Å². The number of aromatic nitrogens is 2. The first kappa shape index (κ1) is 13.9. The van der Waals surface area contributed by atoms with Gasteiger partial charge in [-0.25, -0.2) is 0 Å². The van der Waals surface area contributed by atoms with Gasteiger partial charge in [0.1, 0.15) is 0 Å². The molecule has 2 rings (SSSR count). The Morgan fingerprint density at radius 2 is 2.33 bits per heavy atom. The quantitative estimate of drug-likeness (QED) is 0.742. The molecular formula is C13H23N3OS. The largest absolute Gasteiger partial charge is 0.339 e. The Hall–Kier alpha value is -0.550. The second-order valence-corrected chi connectivity index (χ2v) is 6.17. The third kappa shape index (κ3) is 3.26. The van der Waals surface area contributed by atoms with Gasteiger partial charge >= 0.3 is 0 Å². The van der Waals surface area contributed by atoms with Gasteiger partial charge in [-0.1, -0.05) is 19.0 Å². The van der Waals surface area contributed by atoms with Crippen LogP contribution >= 0.6 is 11.8 Å². The molecule has 0 aromatic carbocycles. The molecule has 1 unspecified atom stereocenters. The minimum Gasteiger partial charge on any atom is -0.339 e. The van der Waals surface area contributed by atoms with E-state index in [1.54, 1.807) is 0 Å². The summed E-state index contributed by atoms with van der Waals surface area (Å²) in [5.74, 6) is 3.20. The second kappa shape index (κ2) is 6.57. The molecule has 1 aliphatic heterocycles. The van der Waals surface area contributed by atoms with Gasteiger partial charge in [-0.05, 0) is 44.4 Å². The molecule has 0 aliphatic carbocycles. The summed E-state index contributed by atoms with van der Waals surface area (Å²) in [5, 5.41) is 4.16. The maximum atomic E-state index is 5.32. The Balaban J connectivity index is 1.97. The van der Waals surface area contributed by atoms with E-state index in [1.165, 1.54) is 25.1 Å². The van der Waals surface area contributed by atoms with Gasteiger partial charge in [0.05, 0.1) is 6.04 Å². The van der Waals surface area contributed by atoms with Gasteiger partial charge in [-0.3, -0.25) is 4.90 Å². The smallest absolute Gasteiger partial charge is 0.229 e. The number of hydrogen-bond acceptors (Lipinski definition) is 5. The molecule has 0 bridgehead atoms. The highest BCUT2D eigenvalue weighted by Gasteiger charge is 2.29. The van der Waals surface area contributed by atoms with E-state index >= 15 is 0 Å². The van der Waals surface area contributed by atoms with Gasteiger partial charge < -0.3 is 4.52 Å². The Morgan fingerprint density at radius 3 is 3.00 bits per heavy atom. The van der Waals surface area contributed by atoms with Crippen LogP contribution < -0.4 is 0 Å². The summed E-state index contributed by atoms with van der Waals surface area (Å²) in [6.45, 7) is 6.49. The first-order valence-corrected chi connectivity index (χ1v) is 8.18. The molecule has 2 heterocycles.